The fourth-order valence-electron chi connectivity index (χ4n) is 2.07. The van der Waals surface area contributed by atoms with E-state index >= 15 is 0 Å². The van der Waals surface area contributed by atoms with Crippen LogP contribution < -0.4 is 5.32 Å². The largest absolute Gasteiger partial charge is 0.391 e. The van der Waals surface area contributed by atoms with E-state index in [2.05, 4.69) is 5.32 Å². The number of nitrogens with zero attached hydrogens (tertiary/aromatic N) is 2. The Labute approximate surface area is 110 Å². The van der Waals surface area contributed by atoms with Crippen molar-refractivity contribution in [3.8, 4) is 0 Å². The number of nitro groups is 1. The fourth-order valence-corrected chi connectivity index (χ4v) is 2.07. The van der Waals surface area contributed by atoms with Crippen molar-refractivity contribution in [1.29, 1.82) is 0 Å². The molecule has 19 heavy (non-hydrogen) atoms. The Balaban J connectivity index is 2.05. The van der Waals surface area contributed by atoms with Crippen molar-refractivity contribution in [2.24, 2.45) is 0 Å². The minimum atomic E-state index is -0.468. The highest BCUT2D eigenvalue weighted by Crippen LogP contribution is 2.22. The summed E-state index contributed by atoms with van der Waals surface area (Å²) in [7, 11) is 0. The van der Waals surface area contributed by atoms with Gasteiger partial charge >= 0.3 is 6.03 Å². The maximum Gasteiger partial charge on any atom is 0.321 e. The number of aliphatic hydroxyl groups excluding tert-OH is 1. The van der Waals surface area contributed by atoms with Gasteiger partial charge in [0.25, 0.3) is 5.69 Å². The van der Waals surface area contributed by atoms with Crippen LogP contribution in [0.5, 0.6) is 0 Å². The van der Waals surface area contributed by atoms with E-state index in [9.17, 15) is 20.0 Å². The zero-order chi connectivity index (χ0) is 14.0. The van der Waals surface area contributed by atoms with Crippen LogP contribution in [0, 0.1) is 17.0 Å². The molecule has 0 spiro atoms. The number of anilines is 1. The molecule has 1 atom stereocenters. The molecule has 0 radical (unpaired) electrons. The molecule has 0 bridgehead atoms. The first kappa shape index (κ1) is 13.3. The Morgan fingerprint density at radius 3 is 2.84 bits per heavy atom. The van der Waals surface area contributed by atoms with E-state index in [1.165, 1.54) is 17.0 Å². The average molecular weight is 265 g/mol. The van der Waals surface area contributed by atoms with Gasteiger partial charge in [0.2, 0.25) is 0 Å². The number of urea groups is 1. The predicted molar refractivity (Wildman–Crippen MR) is 69.0 cm³/mol. The van der Waals surface area contributed by atoms with Crippen molar-refractivity contribution >= 4 is 17.4 Å². The fraction of sp³-hybridized carbons (Fsp3) is 0.417. The smallest absolute Gasteiger partial charge is 0.321 e. The van der Waals surface area contributed by atoms with E-state index in [1.54, 1.807) is 13.0 Å². The second kappa shape index (κ2) is 5.23. The normalized spacial score (nSPS) is 18.4. The van der Waals surface area contributed by atoms with Crippen molar-refractivity contribution in [3.63, 3.8) is 0 Å². The van der Waals surface area contributed by atoms with Gasteiger partial charge in [-0.15, -0.1) is 0 Å². The average Bonchev–Trinajstić information content (AvgIpc) is 2.75. The summed E-state index contributed by atoms with van der Waals surface area (Å²) in [6.07, 6.45) is 0.108. The van der Waals surface area contributed by atoms with Crippen LogP contribution in [-0.4, -0.2) is 40.2 Å². The molecule has 1 aromatic rings. The van der Waals surface area contributed by atoms with Crippen LogP contribution in [0.2, 0.25) is 0 Å². The number of aliphatic hydroxyl groups is 1. The van der Waals surface area contributed by atoms with Crippen LogP contribution in [0.25, 0.3) is 0 Å². The van der Waals surface area contributed by atoms with Crippen molar-refractivity contribution in [3.05, 3.63) is 33.9 Å². The highest BCUT2D eigenvalue weighted by Gasteiger charge is 2.24. The maximum atomic E-state index is 11.9. The third-order valence-corrected chi connectivity index (χ3v) is 3.10. The number of hydrogen-bond donors (Lipinski definition) is 2. The summed E-state index contributed by atoms with van der Waals surface area (Å²) in [5.74, 6) is 0. The molecular weight excluding hydrogens is 250 g/mol. The Morgan fingerprint density at radius 2 is 2.32 bits per heavy atom. The summed E-state index contributed by atoms with van der Waals surface area (Å²) in [5.41, 5.74) is 1.02. The molecule has 0 aromatic heterocycles. The van der Waals surface area contributed by atoms with E-state index in [0.29, 0.717) is 30.8 Å². The number of benzene rings is 1. The summed E-state index contributed by atoms with van der Waals surface area (Å²) in [4.78, 5) is 23.6. The summed E-state index contributed by atoms with van der Waals surface area (Å²) in [5, 5.41) is 22.7. The number of carbonyl (C=O) groups excluding carboxylic acids is 1. The number of amides is 2. The van der Waals surface area contributed by atoms with Crippen LogP contribution in [0.15, 0.2) is 18.2 Å². The van der Waals surface area contributed by atoms with Gasteiger partial charge in [0, 0.05) is 30.4 Å². The van der Waals surface area contributed by atoms with Gasteiger partial charge in [-0.2, -0.15) is 0 Å². The molecule has 0 aliphatic carbocycles. The van der Waals surface area contributed by atoms with Gasteiger partial charge in [-0.05, 0) is 25.5 Å². The van der Waals surface area contributed by atoms with Crippen molar-refractivity contribution in [2.75, 3.05) is 18.4 Å². The summed E-state index contributed by atoms with van der Waals surface area (Å²) >= 11 is 0. The van der Waals surface area contributed by atoms with Crippen LogP contribution in [0.1, 0.15) is 12.0 Å². The topological polar surface area (TPSA) is 95.7 Å². The van der Waals surface area contributed by atoms with E-state index < -0.39 is 11.0 Å². The number of nitrogens with one attached hydrogen (secondary N) is 1. The molecule has 2 rings (SSSR count). The van der Waals surface area contributed by atoms with Crippen LogP contribution in [0.3, 0.4) is 0 Å². The quantitative estimate of drug-likeness (QED) is 0.625. The SMILES string of the molecule is Cc1cc(NC(=O)N2CC[C@@H](O)C2)ccc1[N+](=O)[O-]. The lowest BCUT2D eigenvalue weighted by Crippen LogP contribution is -2.33. The van der Waals surface area contributed by atoms with Crippen molar-refractivity contribution in [2.45, 2.75) is 19.4 Å². The van der Waals surface area contributed by atoms with Gasteiger partial charge in [-0.1, -0.05) is 0 Å². The van der Waals surface area contributed by atoms with Crippen molar-refractivity contribution < 1.29 is 14.8 Å². The number of likely N-dealkylation sites (tertiary alicyclic amines) is 1. The molecule has 102 valence electrons. The van der Waals surface area contributed by atoms with Gasteiger partial charge < -0.3 is 15.3 Å². The molecule has 0 unspecified atom stereocenters. The Bertz CT molecular complexity index is 518. The molecule has 1 saturated heterocycles. The second-order valence-corrected chi connectivity index (χ2v) is 4.58. The number of aryl methyl sites for hydroxylation is 1. The number of nitro benzene ring substituents is 1. The Morgan fingerprint density at radius 1 is 1.58 bits per heavy atom. The highest BCUT2D eigenvalue weighted by molar-refractivity contribution is 5.89. The predicted octanol–water partition coefficient (Wildman–Crippen LogP) is 1.50. The lowest BCUT2D eigenvalue weighted by Gasteiger charge is -2.16. The first-order chi connectivity index (χ1) is 8.97. The van der Waals surface area contributed by atoms with Gasteiger partial charge in [0.1, 0.15) is 0 Å². The zero-order valence-corrected chi connectivity index (χ0v) is 10.5. The molecule has 1 aromatic carbocycles. The third-order valence-electron chi connectivity index (χ3n) is 3.10. The molecule has 1 aliphatic heterocycles. The summed E-state index contributed by atoms with van der Waals surface area (Å²) < 4.78 is 0. The molecule has 7 nitrogen and oxygen atoms in total. The Hall–Kier alpha value is -2.15. The van der Waals surface area contributed by atoms with Gasteiger partial charge in [0.15, 0.2) is 0 Å². The highest BCUT2D eigenvalue weighted by atomic mass is 16.6. The molecule has 1 aliphatic rings. The van der Waals surface area contributed by atoms with E-state index in [0.717, 1.165) is 0 Å². The van der Waals surface area contributed by atoms with E-state index in [-0.39, 0.29) is 11.7 Å². The minimum Gasteiger partial charge on any atom is -0.391 e. The molecule has 1 heterocycles. The molecule has 0 saturated carbocycles. The molecule has 2 amide bonds. The number of β-amino-alcohol motifs (C(OH)–C–C–N with tert-alkyl or cyclic N) is 1. The molecule has 1 fully saturated rings. The minimum absolute atomic E-state index is 0.0228. The first-order valence-corrected chi connectivity index (χ1v) is 5.96. The number of hydrogen-bond acceptors (Lipinski definition) is 4. The number of rotatable bonds is 2. The van der Waals surface area contributed by atoms with E-state index in [4.69, 9.17) is 0 Å². The van der Waals surface area contributed by atoms with Crippen molar-refractivity contribution in [1.82, 2.24) is 4.90 Å². The van der Waals surface area contributed by atoms with Gasteiger partial charge in [-0.25, -0.2) is 4.79 Å². The lowest BCUT2D eigenvalue weighted by molar-refractivity contribution is -0.385. The first-order valence-electron chi connectivity index (χ1n) is 5.96. The summed E-state index contributed by atoms with van der Waals surface area (Å²) in [6, 6.07) is 4.12. The van der Waals surface area contributed by atoms with Crippen LogP contribution in [-0.2, 0) is 0 Å². The third kappa shape index (κ3) is 3.00. The second-order valence-electron chi connectivity index (χ2n) is 4.58. The molecular formula is C12H15N3O4. The van der Waals surface area contributed by atoms with Gasteiger partial charge in [0.05, 0.1) is 11.0 Å². The lowest BCUT2D eigenvalue weighted by atomic mass is 10.2. The van der Waals surface area contributed by atoms with E-state index in [1.807, 2.05) is 0 Å². The van der Waals surface area contributed by atoms with Crippen LogP contribution in [0.4, 0.5) is 16.2 Å². The molecule has 7 heteroatoms. The molecule has 2 N–H and O–H groups in total. The standard InChI is InChI=1S/C12H15N3O4/c1-8-6-9(2-3-11(8)15(18)19)13-12(17)14-5-4-10(16)7-14/h2-3,6,10,16H,4-5,7H2,1H3,(H,13,17)/t10-/m1/s1. The zero-order valence-electron chi connectivity index (χ0n) is 10.5. The monoisotopic (exact) mass is 265 g/mol. The van der Waals surface area contributed by atoms with Crippen LogP contribution >= 0.6 is 0 Å². The Kier molecular flexibility index (Phi) is 3.66. The maximum absolute atomic E-state index is 11.9. The number of carbonyl (C=O) groups is 1. The van der Waals surface area contributed by atoms with Gasteiger partial charge in [-0.3, -0.25) is 10.1 Å². The summed E-state index contributed by atoms with van der Waals surface area (Å²) in [6.45, 7) is 2.45.